The first-order valence-corrected chi connectivity index (χ1v) is 11.9. The van der Waals surface area contributed by atoms with E-state index in [1.807, 2.05) is 53.6 Å². The summed E-state index contributed by atoms with van der Waals surface area (Å²) < 4.78 is 7.36. The first kappa shape index (κ1) is 23.4. The number of aromatic nitrogens is 2. The number of fused-ring (bicyclic) bond motifs is 5. The van der Waals surface area contributed by atoms with E-state index in [1.165, 1.54) is 0 Å². The molecule has 1 saturated heterocycles. The Balaban J connectivity index is 1.53. The van der Waals surface area contributed by atoms with Gasteiger partial charge in [0.15, 0.2) is 0 Å². The molecule has 35 heavy (non-hydrogen) atoms. The van der Waals surface area contributed by atoms with Gasteiger partial charge in [-0.25, -0.2) is 9.69 Å². The summed E-state index contributed by atoms with van der Waals surface area (Å²) in [6.45, 7) is 10.2. The molecule has 0 unspecified atom stereocenters. The molecule has 1 aromatic heterocycles. The Morgan fingerprint density at radius 3 is 2.54 bits per heavy atom. The SMILES string of the molecule is CC(C)(C)OC(=O)N1CCN(c2ccc3c(c2)-n2c(nc(=O)c4c(Cl)cccc42)C3(C)C)CC1=O. The number of benzene rings is 2. The van der Waals surface area contributed by atoms with Gasteiger partial charge < -0.3 is 9.64 Å². The van der Waals surface area contributed by atoms with Gasteiger partial charge in [-0.2, -0.15) is 4.98 Å². The topological polar surface area (TPSA) is 84.7 Å². The van der Waals surface area contributed by atoms with Crippen LogP contribution in [0.4, 0.5) is 10.5 Å². The molecule has 2 aliphatic heterocycles. The Morgan fingerprint density at radius 2 is 1.86 bits per heavy atom. The average molecular weight is 495 g/mol. The van der Waals surface area contributed by atoms with Crippen molar-refractivity contribution in [3.05, 3.63) is 63.2 Å². The number of hydrogen-bond donors (Lipinski definition) is 0. The maximum absolute atomic E-state index is 12.8. The molecule has 0 aliphatic carbocycles. The minimum absolute atomic E-state index is 0.0588. The van der Waals surface area contributed by atoms with Crippen molar-refractivity contribution < 1.29 is 14.3 Å². The molecule has 2 amide bonds. The summed E-state index contributed by atoms with van der Waals surface area (Å²) in [5.74, 6) is 0.338. The molecule has 0 bridgehead atoms. The van der Waals surface area contributed by atoms with Gasteiger partial charge in [0.1, 0.15) is 11.4 Å². The number of anilines is 1. The van der Waals surface area contributed by atoms with E-state index in [0.717, 1.165) is 21.8 Å². The number of rotatable bonds is 1. The fraction of sp³-hybridized carbons (Fsp3) is 0.385. The molecule has 3 heterocycles. The second-order valence-electron chi connectivity index (χ2n) is 10.5. The van der Waals surface area contributed by atoms with Gasteiger partial charge in [-0.15, -0.1) is 0 Å². The highest BCUT2D eigenvalue weighted by molar-refractivity contribution is 6.35. The van der Waals surface area contributed by atoms with E-state index >= 15 is 0 Å². The Hall–Kier alpha value is -3.39. The zero-order valence-electron chi connectivity index (χ0n) is 20.4. The third-order valence-electron chi connectivity index (χ3n) is 6.52. The number of halogens is 1. The van der Waals surface area contributed by atoms with E-state index in [2.05, 4.69) is 4.98 Å². The summed E-state index contributed by atoms with van der Waals surface area (Å²) in [4.78, 5) is 45.6. The number of nitrogens with zero attached hydrogens (tertiary/aromatic N) is 4. The number of carbonyl (C=O) groups excluding carboxylic acids is 2. The monoisotopic (exact) mass is 494 g/mol. The second kappa shape index (κ2) is 7.81. The molecule has 0 radical (unpaired) electrons. The highest BCUT2D eigenvalue weighted by Crippen LogP contribution is 2.44. The summed E-state index contributed by atoms with van der Waals surface area (Å²) in [6.07, 6.45) is -0.620. The fourth-order valence-corrected chi connectivity index (χ4v) is 5.09. The molecule has 182 valence electrons. The van der Waals surface area contributed by atoms with Crippen LogP contribution in [0.15, 0.2) is 41.2 Å². The minimum atomic E-state index is -0.671. The number of carbonyl (C=O) groups is 2. The van der Waals surface area contributed by atoms with Crippen molar-refractivity contribution in [3.8, 4) is 5.69 Å². The predicted octanol–water partition coefficient (Wildman–Crippen LogP) is 4.26. The number of hydrogen-bond acceptors (Lipinski definition) is 6. The highest BCUT2D eigenvalue weighted by atomic mass is 35.5. The van der Waals surface area contributed by atoms with Crippen LogP contribution in [0.1, 0.15) is 46.0 Å². The van der Waals surface area contributed by atoms with Crippen LogP contribution in [0.25, 0.3) is 16.6 Å². The lowest BCUT2D eigenvalue weighted by Gasteiger charge is -2.35. The molecule has 2 aromatic carbocycles. The Morgan fingerprint density at radius 1 is 1.11 bits per heavy atom. The van der Waals surface area contributed by atoms with E-state index in [4.69, 9.17) is 16.3 Å². The smallest absolute Gasteiger partial charge is 0.417 e. The first-order valence-electron chi connectivity index (χ1n) is 11.5. The number of imide groups is 1. The lowest BCUT2D eigenvalue weighted by Crippen LogP contribution is -2.53. The van der Waals surface area contributed by atoms with E-state index < -0.39 is 17.1 Å². The minimum Gasteiger partial charge on any atom is -0.443 e. The van der Waals surface area contributed by atoms with E-state index in [9.17, 15) is 14.4 Å². The number of piperazine rings is 1. The van der Waals surface area contributed by atoms with Crippen LogP contribution in [0.3, 0.4) is 0 Å². The highest BCUT2D eigenvalue weighted by Gasteiger charge is 2.39. The third kappa shape index (κ3) is 3.76. The molecular formula is C26H27ClN4O4. The summed E-state index contributed by atoms with van der Waals surface area (Å²) in [5.41, 5.74) is 1.95. The molecule has 0 atom stereocenters. The van der Waals surface area contributed by atoms with Crippen LogP contribution in [0.5, 0.6) is 0 Å². The zero-order chi connectivity index (χ0) is 25.3. The molecule has 9 heteroatoms. The van der Waals surface area contributed by atoms with Crippen molar-refractivity contribution in [2.24, 2.45) is 0 Å². The van der Waals surface area contributed by atoms with Gasteiger partial charge in [0.25, 0.3) is 11.5 Å². The molecule has 5 rings (SSSR count). The summed E-state index contributed by atoms with van der Waals surface area (Å²) >= 11 is 6.37. The van der Waals surface area contributed by atoms with Gasteiger partial charge in [0.05, 0.1) is 33.6 Å². The lowest BCUT2D eigenvalue weighted by atomic mass is 9.85. The second-order valence-corrected chi connectivity index (χ2v) is 10.9. The maximum Gasteiger partial charge on any atom is 0.417 e. The van der Waals surface area contributed by atoms with Crippen LogP contribution in [0, 0.1) is 0 Å². The van der Waals surface area contributed by atoms with E-state index in [-0.39, 0.29) is 24.6 Å². The fourth-order valence-electron chi connectivity index (χ4n) is 4.84. The lowest BCUT2D eigenvalue weighted by molar-refractivity contribution is -0.130. The quantitative estimate of drug-likeness (QED) is 0.502. The summed E-state index contributed by atoms with van der Waals surface area (Å²) in [7, 11) is 0. The van der Waals surface area contributed by atoms with Gasteiger partial charge >= 0.3 is 6.09 Å². The Kier molecular flexibility index (Phi) is 5.21. The van der Waals surface area contributed by atoms with E-state index in [1.54, 1.807) is 26.8 Å². The maximum atomic E-state index is 12.8. The zero-order valence-corrected chi connectivity index (χ0v) is 21.1. The van der Waals surface area contributed by atoms with Gasteiger partial charge in [0, 0.05) is 18.8 Å². The number of ether oxygens (including phenoxy) is 1. The molecule has 0 N–H and O–H groups in total. The van der Waals surface area contributed by atoms with Crippen LogP contribution in [-0.4, -0.2) is 51.7 Å². The van der Waals surface area contributed by atoms with Gasteiger partial charge in [-0.05, 0) is 64.4 Å². The standard InChI is InChI=1S/C26H27ClN4O4/c1-25(2,3)35-24(34)30-12-11-29(14-20(30)32)15-9-10-16-19(13-15)31-18-8-6-7-17(27)21(18)22(33)28-23(31)26(16,4)5/h6-10,13H,11-12,14H2,1-5H3. The third-order valence-corrected chi connectivity index (χ3v) is 6.83. The average Bonchev–Trinajstić information content (AvgIpc) is 2.99. The van der Waals surface area contributed by atoms with Gasteiger partial charge in [0.2, 0.25) is 0 Å². The van der Waals surface area contributed by atoms with Crippen LogP contribution in [0.2, 0.25) is 5.02 Å². The summed E-state index contributed by atoms with van der Waals surface area (Å²) in [5, 5.41) is 0.745. The Labute approximate surface area is 208 Å². The molecule has 0 saturated carbocycles. The van der Waals surface area contributed by atoms with Crippen molar-refractivity contribution in [3.63, 3.8) is 0 Å². The number of amides is 2. The van der Waals surface area contributed by atoms with Crippen LogP contribution in [-0.2, 0) is 14.9 Å². The van der Waals surface area contributed by atoms with Crippen molar-refractivity contribution in [1.29, 1.82) is 0 Å². The molecule has 2 aliphatic rings. The van der Waals surface area contributed by atoms with Gasteiger partial charge in [-0.3, -0.25) is 14.2 Å². The summed E-state index contributed by atoms with van der Waals surface area (Å²) in [6, 6.07) is 11.4. The van der Waals surface area contributed by atoms with Gasteiger partial charge in [-0.1, -0.05) is 23.7 Å². The van der Waals surface area contributed by atoms with Crippen LogP contribution < -0.4 is 10.5 Å². The first-order chi connectivity index (χ1) is 16.4. The van der Waals surface area contributed by atoms with Crippen molar-refractivity contribution in [2.75, 3.05) is 24.5 Å². The van der Waals surface area contributed by atoms with Crippen molar-refractivity contribution in [2.45, 2.75) is 45.6 Å². The van der Waals surface area contributed by atoms with Crippen molar-refractivity contribution >= 4 is 40.2 Å². The molecule has 1 fully saturated rings. The largest absolute Gasteiger partial charge is 0.443 e. The normalized spacial score (nSPS) is 16.9. The molecule has 3 aromatic rings. The predicted molar refractivity (Wildman–Crippen MR) is 135 cm³/mol. The Bertz CT molecular complexity index is 1450. The van der Waals surface area contributed by atoms with Crippen LogP contribution >= 0.6 is 11.6 Å². The van der Waals surface area contributed by atoms with E-state index in [0.29, 0.717) is 28.3 Å². The van der Waals surface area contributed by atoms with Crippen molar-refractivity contribution in [1.82, 2.24) is 14.5 Å². The molecular weight excluding hydrogens is 468 g/mol. The molecule has 0 spiro atoms. The molecule has 8 nitrogen and oxygen atoms in total.